The van der Waals surface area contributed by atoms with E-state index in [0.29, 0.717) is 25.0 Å². The van der Waals surface area contributed by atoms with E-state index in [1.54, 1.807) is 0 Å². The van der Waals surface area contributed by atoms with E-state index in [0.717, 1.165) is 0 Å². The van der Waals surface area contributed by atoms with E-state index < -0.39 is 189 Å². The van der Waals surface area contributed by atoms with Crippen LogP contribution in [-0.2, 0) is 89.4 Å². The number of carboxylic acid groups (broad SMARTS) is 4. The van der Waals surface area contributed by atoms with E-state index in [4.69, 9.17) is 28.8 Å². The number of aliphatic hydroxyl groups is 3. The van der Waals surface area contributed by atoms with Gasteiger partial charge in [0.15, 0.2) is 17.3 Å². The molecule has 458 valence electrons. The van der Waals surface area contributed by atoms with Crippen LogP contribution in [0.2, 0.25) is 0 Å². The van der Waals surface area contributed by atoms with Gasteiger partial charge in [-0.05, 0) is 31.6 Å². The zero-order valence-corrected chi connectivity index (χ0v) is 45.6. The number of ketones is 3. The lowest BCUT2D eigenvalue weighted by molar-refractivity contribution is -0.218. The largest absolute Gasteiger partial charge is 0.481 e. The van der Waals surface area contributed by atoms with Crippen LogP contribution in [0.3, 0.4) is 0 Å². The number of carbonyl (C=O) groups is 11. The van der Waals surface area contributed by atoms with Crippen LogP contribution in [0.4, 0.5) is 4.39 Å². The van der Waals surface area contributed by atoms with Crippen molar-refractivity contribution in [1.29, 1.82) is 0 Å². The Morgan fingerprint density at radius 3 is 1.80 bits per heavy atom. The molecule has 1 aliphatic rings. The van der Waals surface area contributed by atoms with Gasteiger partial charge in [0.05, 0.1) is 102 Å². The van der Waals surface area contributed by atoms with Gasteiger partial charge in [-0.25, -0.2) is 4.68 Å². The fraction of sp³-hybridized carbons (Fsp3) is 0.740. The highest BCUT2D eigenvalue weighted by Gasteiger charge is 2.47. The van der Waals surface area contributed by atoms with E-state index >= 15 is 0 Å². The fourth-order valence-corrected chi connectivity index (χ4v) is 8.00. The van der Waals surface area contributed by atoms with Crippen molar-refractivity contribution in [1.82, 2.24) is 36.3 Å². The second-order valence-corrected chi connectivity index (χ2v) is 19.5. The van der Waals surface area contributed by atoms with Gasteiger partial charge in [0.25, 0.3) is 0 Å². The molecule has 0 radical (unpaired) electrons. The number of unbranched alkanes of at least 4 members (excludes halogenated alkanes) is 1. The zero-order chi connectivity index (χ0) is 60.6. The molecule has 1 saturated heterocycles. The highest BCUT2D eigenvalue weighted by Crippen LogP contribution is 2.26. The highest BCUT2D eigenvalue weighted by molar-refractivity contribution is 5.98. The van der Waals surface area contributed by atoms with E-state index in [1.165, 1.54) is 31.6 Å². The highest BCUT2D eigenvalue weighted by atomic mass is 19.1. The average molecular weight is 1160 g/mol. The van der Waals surface area contributed by atoms with Crippen LogP contribution in [0.5, 0.6) is 0 Å². The molecule has 0 aliphatic carbocycles. The van der Waals surface area contributed by atoms with Gasteiger partial charge in [0.1, 0.15) is 37.1 Å². The third-order valence-corrected chi connectivity index (χ3v) is 12.6. The first-order valence-electron chi connectivity index (χ1n) is 26.4. The summed E-state index contributed by atoms with van der Waals surface area (Å²) in [5.41, 5.74) is 0.504. The number of aromatic nitrogens is 3. The first-order valence-corrected chi connectivity index (χ1v) is 26.4. The molecule has 4 amide bonds. The summed E-state index contributed by atoms with van der Waals surface area (Å²) in [5.74, 6) is -16.9. The lowest BCUT2D eigenvalue weighted by atomic mass is 9.86. The molecular weight excluding hydrogens is 1090 g/mol. The molecule has 2 rings (SSSR count). The predicted octanol–water partition coefficient (Wildman–Crippen LogP) is -2.62. The van der Waals surface area contributed by atoms with Crippen molar-refractivity contribution in [3.8, 4) is 0 Å². The van der Waals surface area contributed by atoms with Gasteiger partial charge in [-0.2, -0.15) is 0 Å². The number of alkyl halides is 1. The maximum atomic E-state index is 13.9. The van der Waals surface area contributed by atoms with Gasteiger partial charge < -0.3 is 80.7 Å². The number of amides is 4. The minimum Gasteiger partial charge on any atom is -0.481 e. The molecule has 10 atom stereocenters. The first kappa shape index (κ1) is 70.6. The summed E-state index contributed by atoms with van der Waals surface area (Å²) in [5, 5.41) is 86.9. The normalized spacial score (nSPS) is 18.8. The molecule has 0 aromatic carbocycles. The zero-order valence-electron chi connectivity index (χ0n) is 45.6. The average Bonchev–Trinajstić information content (AvgIpc) is 3.92. The van der Waals surface area contributed by atoms with Crippen molar-refractivity contribution in [2.75, 3.05) is 72.6 Å². The Balaban J connectivity index is 2.04. The van der Waals surface area contributed by atoms with Crippen LogP contribution in [0.15, 0.2) is 6.20 Å². The Kier molecular flexibility index (Phi) is 33.4. The number of aliphatic carboxylic acids is 4. The number of halogens is 1. The molecule has 1 aliphatic heterocycles. The van der Waals surface area contributed by atoms with E-state index in [9.17, 15) is 87.8 Å². The standard InChI is InChI=1S/C50H78FN7O23/c1-28(2)32(50(76)55-34(24-43(69)70)35(59)20-29(3)48(74)52-11-13-78-15-17-80-19-18-79-16-14-77-12-9-41(65)66)23-36(60)33(7-8-40(63)64)54-49(75)30(22-42(67)68)21-37(61)47-46(73)45(72)44(71)38(81-47)25-53-39(62)27-58-26-31(56-57-58)6-4-5-10-51/h26,28-30,32-34,38,44-47,71-73H,4-25,27H2,1-3H3,(H,52,74)(H,53,62)(H,54,75)(H,55,76)(H,63,64)(H,65,66)(H,67,68)(H,69,70)/t29-,30+,32+,33+,34+,38?,44?,45?,46?,47?/m1/s1. The van der Waals surface area contributed by atoms with Crippen LogP contribution < -0.4 is 21.3 Å². The van der Waals surface area contributed by atoms with Crippen molar-refractivity contribution >= 4 is 64.9 Å². The number of rotatable bonds is 45. The molecule has 2 heterocycles. The second-order valence-electron chi connectivity index (χ2n) is 19.5. The quantitative estimate of drug-likeness (QED) is 0.0298. The maximum absolute atomic E-state index is 13.9. The minimum atomic E-state index is -2.12. The van der Waals surface area contributed by atoms with E-state index in [2.05, 4.69) is 31.6 Å². The van der Waals surface area contributed by atoms with Crippen molar-refractivity contribution in [3.05, 3.63) is 11.9 Å². The smallest absolute Gasteiger partial charge is 0.305 e. The van der Waals surface area contributed by atoms with Gasteiger partial charge in [-0.3, -0.25) is 57.1 Å². The van der Waals surface area contributed by atoms with Gasteiger partial charge in [0, 0.05) is 56.8 Å². The number of carbonyl (C=O) groups excluding carboxylic acids is 7. The number of hydrogen-bond donors (Lipinski definition) is 11. The van der Waals surface area contributed by atoms with Crippen molar-refractivity contribution in [2.24, 2.45) is 23.7 Å². The molecule has 0 saturated carbocycles. The second kappa shape index (κ2) is 38.3. The van der Waals surface area contributed by atoms with Crippen molar-refractivity contribution < 1.29 is 117 Å². The lowest BCUT2D eigenvalue weighted by Gasteiger charge is -2.40. The predicted molar refractivity (Wildman–Crippen MR) is 272 cm³/mol. The minimum absolute atomic E-state index is 0.0377. The first-order chi connectivity index (χ1) is 38.3. The van der Waals surface area contributed by atoms with E-state index in [-0.39, 0.29) is 72.4 Å². The van der Waals surface area contributed by atoms with Crippen LogP contribution in [0.1, 0.15) is 90.7 Å². The van der Waals surface area contributed by atoms with Crippen LogP contribution >= 0.6 is 0 Å². The summed E-state index contributed by atoms with van der Waals surface area (Å²) in [6, 6.07) is -3.41. The fourth-order valence-electron chi connectivity index (χ4n) is 8.00. The molecule has 0 spiro atoms. The van der Waals surface area contributed by atoms with Crippen LogP contribution in [-0.4, -0.2) is 231 Å². The van der Waals surface area contributed by atoms with Crippen LogP contribution in [0, 0.1) is 23.7 Å². The number of aryl methyl sites for hydroxylation is 1. The lowest BCUT2D eigenvalue weighted by Crippen LogP contribution is -2.62. The molecular formula is C50H78FN7O23. The topological polar surface area (TPSA) is 454 Å². The molecule has 5 unspecified atom stereocenters. The molecule has 30 nitrogen and oxygen atoms in total. The molecule has 1 aromatic heterocycles. The third-order valence-electron chi connectivity index (χ3n) is 12.6. The van der Waals surface area contributed by atoms with Crippen LogP contribution in [0.25, 0.3) is 0 Å². The van der Waals surface area contributed by atoms with Crippen molar-refractivity contribution in [2.45, 2.75) is 141 Å². The third kappa shape index (κ3) is 28.2. The maximum Gasteiger partial charge on any atom is 0.305 e. The number of Topliss-reactive ketones (excluding diaryl/α,β-unsaturated/α-hetero) is 3. The Hall–Kier alpha value is -6.48. The Morgan fingerprint density at radius 1 is 0.642 bits per heavy atom. The number of nitrogens with one attached hydrogen (secondary N) is 4. The van der Waals surface area contributed by atoms with Gasteiger partial charge in [-0.15, -0.1) is 5.10 Å². The number of carboxylic acids is 4. The number of hydrogen-bond acceptors (Lipinski definition) is 21. The Morgan fingerprint density at radius 2 is 1.22 bits per heavy atom. The monoisotopic (exact) mass is 1160 g/mol. The summed E-state index contributed by atoms with van der Waals surface area (Å²) < 4.78 is 40.4. The SMILES string of the molecule is CC(C)[C@H](CC(=O)[C@H](CCC(=O)O)NC(=O)[C@H](CC(=O)O)CC(=O)C1OC(CNC(=O)Cn2cc(CCCCF)nn2)C(O)C(O)C1O)C(=O)N[C@@H](CC(=O)O)C(=O)C[C@@H](C)C(=O)NCCOCCOCCOCCOCCC(=O)O. The number of aliphatic hydroxyl groups excluding tert-OH is 3. The summed E-state index contributed by atoms with van der Waals surface area (Å²) in [6.45, 7) is 4.59. The summed E-state index contributed by atoms with van der Waals surface area (Å²) in [4.78, 5) is 140. The van der Waals surface area contributed by atoms with Crippen molar-refractivity contribution in [3.63, 3.8) is 0 Å². The molecule has 81 heavy (non-hydrogen) atoms. The summed E-state index contributed by atoms with van der Waals surface area (Å²) >= 11 is 0. The number of nitrogens with zero attached hydrogens (tertiary/aromatic N) is 3. The molecule has 1 aromatic rings. The van der Waals surface area contributed by atoms with Gasteiger partial charge in [0.2, 0.25) is 23.6 Å². The summed E-state index contributed by atoms with van der Waals surface area (Å²) in [6.07, 6.45) is -12.6. The van der Waals surface area contributed by atoms with Gasteiger partial charge >= 0.3 is 23.9 Å². The number of ether oxygens (including phenoxy) is 5. The molecule has 11 N–H and O–H groups in total. The molecule has 31 heteroatoms. The van der Waals surface area contributed by atoms with E-state index in [1.807, 2.05) is 0 Å². The Bertz CT molecular complexity index is 2220. The summed E-state index contributed by atoms with van der Waals surface area (Å²) in [7, 11) is 0. The van der Waals surface area contributed by atoms with Gasteiger partial charge in [-0.1, -0.05) is 26.0 Å². The molecule has 0 bridgehead atoms. The Labute approximate surface area is 465 Å². The molecule has 1 fully saturated rings.